The van der Waals surface area contributed by atoms with Crippen molar-refractivity contribution in [3.8, 4) is 0 Å². The number of rotatable bonds is 3. The molecular formula is C12H10BrN3S2. The lowest BCUT2D eigenvalue weighted by molar-refractivity contribution is 0.868. The van der Waals surface area contributed by atoms with Gasteiger partial charge in [0.25, 0.3) is 0 Å². The highest BCUT2D eigenvalue weighted by atomic mass is 79.9. The molecule has 0 aliphatic heterocycles. The van der Waals surface area contributed by atoms with Crippen LogP contribution in [0.1, 0.15) is 18.0 Å². The first-order valence-corrected chi connectivity index (χ1v) is 7.93. The molecule has 0 radical (unpaired) electrons. The van der Waals surface area contributed by atoms with Crippen LogP contribution in [0.15, 0.2) is 34.2 Å². The van der Waals surface area contributed by atoms with E-state index in [1.54, 1.807) is 22.7 Å². The third-order valence-electron chi connectivity index (χ3n) is 2.51. The van der Waals surface area contributed by atoms with E-state index in [2.05, 4.69) is 44.2 Å². The fourth-order valence-electron chi connectivity index (χ4n) is 1.66. The lowest BCUT2D eigenvalue weighted by atomic mass is 10.3. The summed E-state index contributed by atoms with van der Waals surface area (Å²) >= 11 is 6.78. The van der Waals surface area contributed by atoms with Crippen molar-refractivity contribution in [2.75, 3.05) is 5.32 Å². The molecular weight excluding hydrogens is 330 g/mol. The van der Waals surface area contributed by atoms with Crippen LogP contribution in [0.25, 0.3) is 10.2 Å². The van der Waals surface area contributed by atoms with Crippen LogP contribution in [-0.4, -0.2) is 9.97 Å². The number of fused-ring (bicyclic) bond motifs is 1. The van der Waals surface area contributed by atoms with Gasteiger partial charge in [-0.3, -0.25) is 0 Å². The van der Waals surface area contributed by atoms with Crippen LogP contribution in [0.3, 0.4) is 0 Å². The number of hydrogen-bond acceptors (Lipinski definition) is 5. The van der Waals surface area contributed by atoms with Crippen LogP contribution in [-0.2, 0) is 0 Å². The summed E-state index contributed by atoms with van der Waals surface area (Å²) < 4.78 is 2.24. The highest BCUT2D eigenvalue weighted by Crippen LogP contribution is 2.30. The van der Waals surface area contributed by atoms with Crippen LogP contribution >= 0.6 is 38.6 Å². The van der Waals surface area contributed by atoms with Crippen molar-refractivity contribution >= 4 is 54.0 Å². The van der Waals surface area contributed by atoms with Gasteiger partial charge in [0.05, 0.1) is 16.3 Å². The Morgan fingerprint density at radius 2 is 2.28 bits per heavy atom. The third-order valence-corrected chi connectivity index (χ3v) is 4.93. The minimum absolute atomic E-state index is 0.189. The van der Waals surface area contributed by atoms with E-state index in [4.69, 9.17) is 0 Å². The molecule has 92 valence electrons. The Morgan fingerprint density at radius 3 is 3.06 bits per heavy atom. The van der Waals surface area contributed by atoms with Crippen molar-refractivity contribution in [1.82, 2.24) is 9.97 Å². The Hall–Kier alpha value is -0.980. The van der Waals surface area contributed by atoms with E-state index in [1.165, 1.54) is 4.70 Å². The maximum absolute atomic E-state index is 4.58. The van der Waals surface area contributed by atoms with Gasteiger partial charge < -0.3 is 5.32 Å². The minimum Gasteiger partial charge on any atom is -0.353 e. The number of nitrogens with zero attached hydrogens (tertiary/aromatic N) is 2. The van der Waals surface area contributed by atoms with Crippen molar-refractivity contribution < 1.29 is 0 Å². The highest BCUT2D eigenvalue weighted by Gasteiger charge is 2.11. The Bertz CT molecular complexity index is 663. The summed E-state index contributed by atoms with van der Waals surface area (Å²) in [6.07, 6.45) is 1.83. The van der Waals surface area contributed by atoms with Crippen LogP contribution in [0.5, 0.6) is 0 Å². The molecule has 1 atom stereocenters. The van der Waals surface area contributed by atoms with Crippen molar-refractivity contribution in [2.24, 2.45) is 0 Å². The SMILES string of the molecule is CC(Nc1nc2cc(Br)ccc2s1)c1nccs1. The van der Waals surface area contributed by atoms with Crippen molar-refractivity contribution in [3.63, 3.8) is 0 Å². The van der Waals surface area contributed by atoms with E-state index in [0.29, 0.717) is 0 Å². The van der Waals surface area contributed by atoms with Gasteiger partial charge in [-0.1, -0.05) is 27.3 Å². The normalized spacial score (nSPS) is 12.8. The molecule has 0 saturated heterocycles. The van der Waals surface area contributed by atoms with Gasteiger partial charge in [-0.2, -0.15) is 0 Å². The van der Waals surface area contributed by atoms with Crippen LogP contribution < -0.4 is 5.32 Å². The maximum atomic E-state index is 4.58. The summed E-state index contributed by atoms with van der Waals surface area (Å²) in [7, 11) is 0. The lowest BCUT2D eigenvalue weighted by Gasteiger charge is -2.08. The molecule has 0 saturated carbocycles. The predicted octanol–water partition coefficient (Wildman–Crippen LogP) is 4.69. The second kappa shape index (κ2) is 4.95. The number of benzene rings is 1. The molecule has 3 rings (SSSR count). The van der Waals surface area contributed by atoms with Gasteiger partial charge in [0.2, 0.25) is 0 Å². The topological polar surface area (TPSA) is 37.8 Å². The second-order valence-corrected chi connectivity index (χ2v) is 6.74. The first kappa shape index (κ1) is 12.1. The summed E-state index contributed by atoms with van der Waals surface area (Å²) in [5.41, 5.74) is 1.02. The lowest BCUT2D eigenvalue weighted by Crippen LogP contribution is -2.05. The standard InChI is InChI=1S/C12H10BrN3S2/c1-7(11-14-4-5-17-11)15-12-16-9-6-8(13)2-3-10(9)18-12/h2-7H,1H3,(H,15,16). The van der Waals surface area contributed by atoms with E-state index in [9.17, 15) is 0 Å². The third kappa shape index (κ3) is 2.41. The largest absolute Gasteiger partial charge is 0.353 e. The second-order valence-electron chi connectivity index (χ2n) is 3.87. The zero-order chi connectivity index (χ0) is 12.5. The molecule has 18 heavy (non-hydrogen) atoms. The van der Waals surface area contributed by atoms with E-state index >= 15 is 0 Å². The fourth-order valence-corrected chi connectivity index (χ4v) is 3.59. The summed E-state index contributed by atoms with van der Waals surface area (Å²) in [6, 6.07) is 6.34. The molecule has 0 fully saturated rings. The molecule has 1 N–H and O–H groups in total. The summed E-state index contributed by atoms with van der Waals surface area (Å²) in [5.74, 6) is 0. The van der Waals surface area contributed by atoms with E-state index < -0.39 is 0 Å². The van der Waals surface area contributed by atoms with Gasteiger partial charge >= 0.3 is 0 Å². The Morgan fingerprint density at radius 1 is 1.39 bits per heavy atom. The van der Waals surface area contributed by atoms with Gasteiger partial charge in [0.1, 0.15) is 5.01 Å². The van der Waals surface area contributed by atoms with Gasteiger partial charge in [0, 0.05) is 16.0 Å². The van der Waals surface area contributed by atoms with Crippen molar-refractivity contribution in [3.05, 3.63) is 39.3 Å². The number of thiazole rings is 2. The molecule has 1 unspecified atom stereocenters. The zero-order valence-corrected chi connectivity index (χ0v) is 12.8. The minimum atomic E-state index is 0.189. The summed E-state index contributed by atoms with van der Waals surface area (Å²) in [6.45, 7) is 2.10. The maximum Gasteiger partial charge on any atom is 0.184 e. The number of halogens is 1. The molecule has 0 aliphatic rings. The Balaban J connectivity index is 1.86. The highest BCUT2D eigenvalue weighted by molar-refractivity contribution is 9.10. The molecule has 1 aromatic carbocycles. The monoisotopic (exact) mass is 339 g/mol. The molecule has 3 nitrogen and oxygen atoms in total. The van der Waals surface area contributed by atoms with Gasteiger partial charge in [0.15, 0.2) is 5.13 Å². The molecule has 0 aliphatic carbocycles. The Labute approximate surface area is 121 Å². The number of hydrogen-bond donors (Lipinski definition) is 1. The summed E-state index contributed by atoms with van der Waals surface area (Å²) in [4.78, 5) is 8.88. The van der Waals surface area contributed by atoms with Gasteiger partial charge in [-0.25, -0.2) is 9.97 Å². The molecule has 0 bridgehead atoms. The van der Waals surface area contributed by atoms with Crippen LogP contribution in [0, 0.1) is 0 Å². The van der Waals surface area contributed by atoms with Crippen LogP contribution in [0.2, 0.25) is 0 Å². The molecule has 2 heterocycles. The van der Waals surface area contributed by atoms with Crippen LogP contribution in [0.4, 0.5) is 5.13 Å². The van der Waals surface area contributed by atoms with Gasteiger partial charge in [-0.05, 0) is 25.1 Å². The number of aromatic nitrogens is 2. The zero-order valence-electron chi connectivity index (χ0n) is 9.55. The summed E-state index contributed by atoms with van der Waals surface area (Å²) in [5, 5.41) is 7.40. The average molecular weight is 340 g/mol. The smallest absolute Gasteiger partial charge is 0.184 e. The van der Waals surface area contributed by atoms with E-state index in [-0.39, 0.29) is 6.04 Å². The molecule has 2 aromatic heterocycles. The quantitative estimate of drug-likeness (QED) is 0.752. The first-order valence-electron chi connectivity index (χ1n) is 5.44. The average Bonchev–Trinajstić information content (AvgIpc) is 2.95. The molecule has 6 heteroatoms. The van der Waals surface area contributed by atoms with Crippen molar-refractivity contribution in [2.45, 2.75) is 13.0 Å². The molecule has 3 aromatic rings. The molecule has 0 spiro atoms. The predicted molar refractivity (Wildman–Crippen MR) is 81.5 cm³/mol. The Kier molecular flexibility index (Phi) is 3.32. The van der Waals surface area contributed by atoms with E-state index in [1.807, 2.05) is 23.7 Å². The first-order chi connectivity index (χ1) is 8.72. The molecule has 0 amide bonds. The fraction of sp³-hybridized carbons (Fsp3) is 0.167. The number of anilines is 1. The van der Waals surface area contributed by atoms with E-state index in [0.717, 1.165) is 20.1 Å². The van der Waals surface area contributed by atoms with Gasteiger partial charge in [-0.15, -0.1) is 11.3 Å². The number of nitrogens with one attached hydrogen (secondary N) is 1. The van der Waals surface area contributed by atoms with Crippen molar-refractivity contribution in [1.29, 1.82) is 0 Å².